The van der Waals surface area contributed by atoms with E-state index in [-0.39, 0.29) is 84.6 Å². The van der Waals surface area contributed by atoms with Gasteiger partial charge in [-0.05, 0) is 31.4 Å². The molecule has 6 atom stereocenters. The first-order valence-electron chi connectivity index (χ1n) is 20.6. The zero-order valence-corrected chi connectivity index (χ0v) is 40.8. The molecule has 0 saturated carbocycles. The molecule has 4 aliphatic heterocycles. The molecule has 0 radical (unpaired) electrons. The Morgan fingerprint density at radius 3 is 1.31 bits per heavy atom. The van der Waals surface area contributed by atoms with Gasteiger partial charge in [0.2, 0.25) is 7.59 Å². The van der Waals surface area contributed by atoms with E-state index >= 15 is 0 Å². The van der Waals surface area contributed by atoms with Gasteiger partial charge >= 0.3 is 24.1 Å². The molecule has 2 saturated heterocycles. The standard InChI is InChI=1S/C41H46Cl6N4O16/c1-20(52)66-22-10-28-36(56)50(38(58)64-18-40(42,43)44)26-14-32(30(60-3)12-24(26)34(54)48(28)16-22)62-8-6-5-7-9-63-33-15-27-25(13-31(33)61-4)35(55)49-17-23(67-21(2)53)11-29(49)37(57)51(27)39(59)65-19-41(45,46)47/h12-15,22-23,28-29,36-37,56-57H,5-11,16-19H2,1-4H3/t22-,23-,28+,29+,36+,37+/m1/s1. The maximum Gasteiger partial charge on any atom is 0.416 e. The number of hydrogen-bond donors (Lipinski definition) is 2. The number of methoxy groups -OCH3 is 2. The lowest BCUT2D eigenvalue weighted by molar-refractivity contribution is -0.146. The van der Waals surface area contributed by atoms with E-state index in [4.69, 9.17) is 108 Å². The average molecular weight is 1060 g/mol. The molecule has 4 amide bonds. The first-order chi connectivity index (χ1) is 31.5. The number of aliphatic hydroxyl groups excluding tert-OH is 2. The summed E-state index contributed by atoms with van der Waals surface area (Å²) in [5, 5.41) is 23.3. The summed E-state index contributed by atoms with van der Waals surface area (Å²) >= 11 is 35.0. The zero-order valence-electron chi connectivity index (χ0n) is 36.2. The van der Waals surface area contributed by atoms with E-state index in [1.54, 1.807) is 0 Å². The molecule has 0 spiro atoms. The highest BCUT2D eigenvalue weighted by Gasteiger charge is 2.51. The minimum absolute atomic E-state index is 0.00731. The minimum atomic E-state index is -2.00. The minimum Gasteiger partial charge on any atom is -0.493 e. The van der Waals surface area contributed by atoms with Crippen LogP contribution in [-0.4, -0.2) is 154 Å². The van der Waals surface area contributed by atoms with Crippen molar-refractivity contribution in [3.63, 3.8) is 0 Å². The molecule has 0 unspecified atom stereocenters. The highest BCUT2D eigenvalue weighted by molar-refractivity contribution is 6.68. The third-order valence-electron chi connectivity index (χ3n) is 11.0. The van der Waals surface area contributed by atoms with Crippen LogP contribution in [0.15, 0.2) is 24.3 Å². The molecule has 4 heterocycles. The van der Waals surface area contributed by atoms with Crippen molar-refractivity contribution in [2.24, 2.45) is 0 Å². The number of rotatable bonds is 14. The van der Waals surface area contributed by atoms with Gasteiger partial charge in [-0.15, -0.1) is 0 Å². The summed E-state index contributed by atoms with van der Waals surface area (Å²) in [6.45, 7) is 1.14. The van der Waals surface area contributed by atoms with E-state index in [1.165, 1.54) is 62.1 Å². The lowest BCUT2D eigenvalue weighted by atomic mass is 10.1. The highest BCUT2D eigenvalue weighted by atomic mass is 35.6. The molecule has 368 valence electrons. The second-order valence-corrected chi connectivity index (χ2v) is 20.7. The number of alkyl halides is 6. The van der Waals surface area contributed by atoms with Crippen LogP contribution >= 0.6 is 69.6 Å². The van der Waals surface area contributed by atoms with Gasteiger partial charge in [0.1, 0.15) is 25.4 Å². The van der Waals surface area contributed by atoms with Crippen LogP contribution in [0, 0.1) is 0 Å². The Labute approximate surface area is 413 Å². The molecule has 0 aliphatic carbocycles. The van der Waals surface area contributed by atoms with Crippen LogP contribution in [0.25, 0.3) is 0 Å². The third-order valence-corrected chi connectivity index (χ3v) is 11.6. The van der Waals surface area contributed by atoms with Crippen molar-refractivity contribution in [3.8, 4) is 23.0 Å². The maximum atomic E-state index is 14.0. The second kappa shape index (κ2) is 21.6. The van der Waals surface area contributed by atoms with Gasteiger partial charge in [0.25, 0.3) is 11.8 Å². The van der Waals surface area contributed by atoms with E-state index in [9.17, 15) is 39.0 Å². The smallest absolute Gasteiger partial charge is 0.416 e. The van der Waals surface area contributed by atoms with Crippen LogP contribution < -0.4 is 28.7 Å². The number of hydrogen-bond acceptors (Lipinski definition) is 16. The van der Waals surface area contributed by atoms with Crippen molar-refractivity contribution in [1.29, 1.82) is 0 Å². The van der Waals surface area contributed by atoms with Gasteiger partial charge in [-0.2, -0.15) is 0 Å². The maximum absolute atomic E-state index is 14.0. The van der Waals surface area contributed by atoms with Gasteiger partial charge < -0.3 is 57.9 Å². The summed E-state index contributed by atoms with van der Waals surface area (Å²) in [7, 11) is 2.71. The molecule has 6 rings (SSSR count). The molecule has 20 nitrogen and oxygen atoms in total. The van der Waals surface area contributed by atoms with Gasteiger partial charge in [-0.1, -0.05) is 69.6 Å². The number of amides is 4. The first kappa shape index (κ1) is 52.1. The van der Waals surface area contributed by atoms with E-state index in [0.717, 1.165) is 9.80 Å². The number of fused-ring (bicyclic) bond motifs is 4. The fourth-order valence-electron chi connectivity index (χ4n) is 8.23. The number of benzene rings is 2. The SMILES string of the molecule is COc1cc2c(cc1OCCCCCOc1cc3c(cc1OC)C(=O)N1C[C@H](OC(C)=O)C[C@H]1[C@H](O)N3C(=O)OCC(Cl)(Cl)Cl)N(C(=O)OCC(Cl)(Cl)Cl)[C@@H](O)[C@@H]1C[C@@H](OC(C)=O)CN1C2=O. The number of unbranched alkanes of at least 4 members (excludes halogenated alkanes) is 2. The van der Waals surface area contributed by atoms with Crippen molar-refractivity contribution < 1.29 is 76.9 Å². The van der Waals surface area contributed by atoms with Crippen LogP contribution in [0.1, 0.15) is 66.7 Å². The van der Waals surface area contributed by atoms with Crippen molar-refractivity contribution in [1.82, 2.24) is 9.80 Å². The zero-order chi connectivity index (χ0) is 49.1. The number of anilines is 2. The predicted molar refractivity (Wildman–Crippen MR) is 241 cm³/mol. The van der Waals surface area contributed by atoms with Crippen LogP contribution in [0.5, 0.6) is 23.0 Å². The van der Waals surface area contributed by atoms with Crippen LogP contribution in [-0.2, 0) is 28.5 Å². The molecular weight excluding hydrogens is 1020 g/mol. The lowest BCUT2D eigenvalue weighted by Gasteiger charge is -2.31. The Bertz CT molecular complexity index is 2080. The molecule has 4 aliphatic rings. The van der Waals surface area contributed by atoms with Gasteiger partial charge in [-0.25, -0.2) is 19.4 Å². The fraction of sp³-hybridized carbons (Fsp3) is 0.561. The number of ether oxygens (including phenoxy) is 8. The Hall–Kier alpha value is -4.28. The van der Waals surface area contributed by atoms with Crippen molar-refractivity contribution >= 4 is 117 Å². The van der Waals surface area contributed by atoms with E-state index in [1.807, 2.05) is 0 Å². The summed E-state index contributed by atoms with van der Waals surface area (Å²) in [5.41, 5.74) is -0.273. The highest BCUT2D eigenvalue weighted by Crippen LogP contribution is 2.44. The summed E-state index contributed by atoms with van der Waals surface area (Å²) in [6, 6.07) is 3.39. The van der Waals surface area contributed by atoms with E-state index in [2.05, 4.69) is 0 Å². The van der Waals surface area contributed by atoms with Crippen molar-refractivity contribution in [2.75, 3.05) is 63.5 Å². The summed E-state index contributed by atoms with van der Waals surface area (Å²) < 4.78 is 40.4. The monoisotopic (exact) mass is 1060 g/mol. The van der Waals surface area contributed by atoms with Gasteiger partial charge in [0.15, 0.2) is 35.5 Å². The van der Waals surface area contributed by atoms with E-state index < -0.39 is 93.5 Å². The first-order valence-corrected chi connectivity index (χ1v) is 22.9. The fourth-order valence-corrected chi connectivity index (χ4v) is 8.56. The topological polar surface area (TPSA) is 230 Å². The Kier molecular flexibility index (Phi) is 16.8. The predicted octanol–water partition coefficient (Wildman–Crippen LogP) is 5.91. The number of nitrogens with zero attached hydrogens (tertiary/aromatic N) is 4. The number of halogens is 6. The summed E-state index contributed by atoms with van der Waals surface area (Å²) in [6.07, 6.45) is -5.74. The molecule has 2 fully saturated rings. The molecule has 67 heavy (non-hydrogen) atoms. The van der Waals surface area contributed by atoms with Crippen LogP contribution in [0.4, 0.5) is 21.0 Å². The normalized spacial score (nSPS) is 22.4. The van der Waals surface area contributed by atoms with Gasteiger partial charge in [0, 0.05) is 38.8 Å². The van der Waals surface area contributed by atoms with Crippen LogP contribution in [0.3, 0.4) is 0 Å². The molecule has 0 bridgehead atoms. The quantitative estimate of drug-likeness (QED) is 0.0969. The number of esters is 2. The Morgan fingerprint density at radius 2 is 0.985 bits per heavy atom. The second-order valence-electron chi connectivity index (χ2n) is 15.7. The van der Waals surface area contributed by atoms with Crippen molar-refractivity contribution in [2.45, 2.75) is 90.3 Å². The number of carbonyl (C=O) groups excluding carboxylic acids is 6. The summed E-state index contributed by atoms with van der Waals surface area (Å²) in [4.78, 5) is 82.9. The molecule has 2 aromatic carbocycles. The van der Waals surface area contributed by atoms with Gasteiger partial charge in [-0.3, -0.25) is 19.2 Å². The molecule has 2 N–H and O–H groups in total. The number of aliphatic hydroxyl groups is 2. The Balaban J connectivity index is 1.15. The van der Waals surface area contributed by atoms with E-state index in [0.29, 0.717) is 19.3 Å². The largest absolute Gasteiger partial charge is 0.493 e. The summed E-state index contributed by atoms with van der Waals surface area (Å²) in [5.74, 6) is -1.87. The van der Waals surface area contributed by atoms with Crippen molar-refractivity contribution in [3.05, 3.63) is 35.4 Å². The molecular formula is C41H46Cl6N4O16. The molecule has 0 aromatic heterocycles. The lowest BCUT2D eigenvalue weighted by Crippen LogP contribution is -2.51. The van der Waals surface area contributed by atoms with Crippen LogP contribution in [0.2, 0.25) is 0 Å². The average Bonchev–Trinajstić information content (AvgIpc) is 3.84. The molecule has 2 aromatic rings. The molecule has 26 heteroatoms. The Morgan fingerprint density at radius 1 is 0.612 bits per heavy atom. The third kappa shape index (κ3) is 12.3. The van der Waals surface area contributed by atoms with Gasteiger partial charge in [0.05, 0.1) is 75.1 Å². The number of carbonyl (C=O) groups is 6.